The summed E-state index contributed by atoms with van der Waals surface area (Å²) >= 11 is 0. The lowest BCUT2D eigenvalue weighted by atomic mass is 10.1. The summed E-state index contributed by atoms with van der Waals surface area (Å²) in [6, 6.07) is 31.5. The van der Waals surface area contributed by atoms with Gasteiger partial charge in [0.2, 0.25) is 0 Å². The molecule has 0 amide bonds. The zero-order chi connectivity index (χ0) is 17.1. The van der Waals surface area contributed by atoms with Crippen molar-refractivity contribution in [3.63, 3.8) is 0 Å². The van der Waals surface area contributed by atoms with Gasteiger partial charge in [-0.25, -0.2) is 4.68 Å². The number of hydrogen-bond donors (Lipinski definition) is 0. The van der Waals surface area contributed by atoms with Crippen molar-refractivity contribution in [1.82, 2.24) is 9.78 Å². The Balaban J connectivity index is 1.94. The van der Waals surface area contributed by atoms with E-state index in [9.17, 15) is 0 Å². The first-order valence-corrected chi connectivity index (χ1v) is 8.66. The van der Waals surface area contributed by atoms with Crippen molar-refractivity contribution in [3.05, 3.63) is 96.6 Å². The van der Waals surface area contributed by atoms with Crippen molar-refractivity contribution in [2.45, 2.75) is 13.3 Å². The molecule has 4 aromatic rings. The highest BCUT2D eigenvalue weighted by atomic mass is 15.3. The van der Waals surface area contributed by atoms with Gasteiger partial charge in [-0.05, 0) is 24.1 Å². The summed E-state index contributed by atoms with van der Waals surface area (Å²) in [5, 5.41) is 4.95. The first-order valence-electron chi connectivity index (χ1n) is 8.66. The second kappa shape index (κ2) is 6.78. The van der Waals surface area contributed by atoms with E-state index in [2.05, 4.69) is 90.5 Å². The van der Waals surface area contributed by atoms with Crippen LogP contribution < -0.4 is 0 Å². The summed E-state index contributed by atoms with van der Waals surface area (Å²) in [7, 11) is 0. The summed E-state index contributed by atoms with van der Waals surface area (Å²) < 4.78 is 2.08. The van der Waals surface area contributed by atoms with Crippen molar-refractivity contribution in [3.8, 4) is 28.2 Å². The quantitative estimate of drug-likeness (QED) is 0.466. The van der Waals surface area contributed by atoms with Crippen LogP contribution in [0.25, 0.3) is 28.2 Å². The Hall–Kier alpha value is -3.13. The fourth-order valence-corrected chi connectivity index (χ4v) is 3.15. The van der Waals surface area contributed by atoms with Gasteiger partial charge in [0.1, 0.15) is 0 Å². The standard InChI is InChI=1S/C23H20N2/c1-2-18-11-9-10-16-22(18)25-23(20-14-7-4-8-15-20)17-21(24-25)19-12-5-3-6-13-19/h3-17H,2H2,1H3. The van der Waals surface area contributed by atoms with E-state index in [0.717, 1.165) is 29.1 Å². The molecule has 1 aromatic heterocycles. The molecule has 0 aliphatic rings. The average Bonchev–Trinajstić information content (AvgIpc) is 3.14. The smallest absolute Gasteiger partial charge is 0.0934 e. The third-order valence-electron chi connectivity index (χ3n) is 4.45. The number of aryl methyl sites for hydroxylation is 1. The Morgan fingerprint density at radius 1 is 0.720 bits per heavy atom. The molecule has 0 aliphatic heterocycles. The molecule has 0 unspecified atom stereocenters. The highest BCUT2D eigenvalue weighted by Crippen LogP contribution is 2.29. The highest BCUT2D eigenvalue weighted by Gasteiger charge is 2.14. The number of para-hydroxylation sites is 1. The minimum absolute atomic E-state index is 0.977. The van der Waals surface area contributed by atoms with Crippen LogP contribution in [0.1, 0.15) is 12.5 Å². The van der Waals surface area contributed by atoms with Crippen LogP contribution in [0.15, 0.2) is 91.0 Å². The molecule has 2 heteroatoms. The highest BCUT2D eigenvalue weighted by molar-refractivity contribution is 5.70. The molecule has 0 fully saturated rings. The van der Waals surface area contributed by atoms with Crippen LogP contribution in [0.4, 0.5) is 0 Å². The zero-order valence-corrected chi connectivity index (χ0v) is 14.3. The third kappa shape index (κ3) is 2.99. The molecular weight excluding hydrogens is 304 g/mol. The van der Waals surface area contributed by atoms with Crippen molar-refractivity contribution in [1.29, 1.82) is 0 Å². The van der Waals surface area contributed by atoms with E-state index >= 15 is 0 Å². The van der Waals surface area contributed by atoms with Crippen LogP contribution in [-0.4, -0.2) is 9.78 Å². The maximum atomic E-state index is 4.95. The molecule has 1 heterocycles. The molecule has 122 valence electrons. The minimum atomic E-state index is 0.977. The van der Waals surface area contributed by atoms with E-state index < -0.39 is 0 Å². The number of rotatable bonds is 4. The van der Waals surface area contributed by atoms with Crippen molar-refractivity contribution < 1.29 is 0 Å². The van der Waals surface area contributed by atoms with Gasteiger partial charge < -0.3 is 0 Å². The van der Waals surface area contributed by atoms with Crippen LogP contribution in [-0.2, 0) is 6.42 Å². The van der Waals surface area contributed by atoms with Crippen LogP contribution in [0.2, 0.25) is 0 Å². The third-order valence-corrected chi connectivity index (χ3v) is 4.45. The van der Waals surface area contributed by atoms with E-state index in [-0.39, 0.29) is 0 Å². The maximum absolute atomic E-state index is 4.95. The molecule has 25 heavy (non-hydrogen) atoms. The Labute approximate surface area is 148 Å². The van der Waals surface area contributed by atoms with Crippen molar-refractivity contribution in [2.75, 3.05) is 0 Å². The molecule has 2 nitrogen and oxygen atoms in total. The Morgan fingerprint density at radius 2 is 1.32 bits per heavy atom. The van der Waals surface area contributed by atoms with Crippen LogP contribution in [0.3, 0.4) is 0 Å². The monoisotopic (exact) mass is 324 g/mol. The Bertz CT molecular complexity index is 969. The topological polar surface area (TPSA) is 17.8 Å². The van der Waals surface area contributed by atoms with Gasteiger partial charge >= 0.3 is 0 Å². The van der Waals surface area contributed by atoms with E-state index in [1.165, 1.54) is 11.1 Å². The molecule has 0 saturated heterocycles. The van der Waals surface area contributed by atoms with Crippen LogP contribution >= 0.6 is 0 Å². The lowest BCUT2D eigenvalue weighted by Gasteiger charge is -2.11. The predicted octanol–water partition coefficient (Wildman–Crippen LogP) is 5.77. The largest absolute Gasteiger partial charge is 0.232 e. The van der Waals surface area contributed by atoms with Gasteiger partial charge in [-0.3, -0.25) is 0 Å². The van der Waals surface area contributed by atoms with Gasteiger partial charge in [-0.15, -0.1) is 0 Å². The summed E-state index contributed by atoms with van der Waals surface area (Å²) in [5.41, 5.74) is 6.84. The van der Waals surface area contributed by atoms with Crippen molar-refractivity contribution in [2.24, 2.45) is 0 Å². The van der Waals surface area contributed by atoms with E-state index in [0.29, 0.717) is 0 Å². The summed E-state index contributed by atoms with van der Waals surface area (Å²) in [6.07, 6.45) is 0.977. The number of hydrogen-bond acceptors (Lipinski definition) is 1. The molecule has 0 saturated carbocycles. The molecular formula is C23H20N2. The molecule has 3 aromatic carbocycles. The van der Waals surface area contributed by atoms with Gasteiger partial charge in [0.15, 0.2) is 0 Å². The summed E-state index contributed by atoms with van der Waals surface area (Å²) in [6.45, 7) is 2.18. The number of aromatic nitrogens is 2. The molecule has 0 N–H and O–H groups in total. The molecule has 0 spiro atoms. The second-order valence-electron chi connectivity index (χ2n) is 6.04. The van der Waals surface area contributed by atoms with Gasteiger partial charge in [0, 0.05) is 11.1 Å². The number of nitrogens with zero attached hydrogens (tertiary/aromatic N) is 2. The fraction of sp³-hybridized carbons (Fsp3) is 0.0870. The second-order valence-corrected chi connectivity index (χ2v) is 6.04. The number of benzene rings is 3. The lowest BCUT2D eigenvalue weighted by molar-refractivity contribution is 0.873. The molecule has 0 aliphatic carbocycles. The Kier molecular flexibility index (Phi) is 4.17. The van der Waals surface area contributed by atoms with Gasteiger partial charge in [0.05, 0.1) is 17.1 Å². The van der Waals surface area contributed by atoms with E-state index in [4.69, 9.17) is 5.10 Å². The zero-order valence-electron chi connectivity index (χ0n) is 14.3. The first kappa shape index (κ1) is 15.4. The van der Waals surface area contributed by atoms with Gasteiger partial charge in [0.25, 0.3) is 0 Å². The van der Waals surface area contributed by atoms with Crippen LogP contribution in [0, 0.1) is 0 Å². The molecule has 0 radical (unpaired) electrons. The fourth-order valence-electron chi connectivity index (χ4n) is 3.15. The van der Waals surface area contributed by atoms with E-state index in [1.54, 1.807) is 0 Å². The van der Waals surface area contributed by atoms with Gasteiger partial charge in [-0.1, -0.05) is 85.8 Å². The van der Waals surface area contributed by atoms with Crippen molar-refractivity contribution >= 4 is 0 Å². The summed E-state index contributed by atoms with van der Waals surface area (Å²) in [4.78, 5) is 0. The van der Waals surface area contributed by atoms with Gasteiger partial charge in [-0.2, -0.15) is 5.10 Å². The van der Waals surface area contributed by atoms with E-state index in [1.807, 2.05) is 12.1 Å². The first-order chi connectivity index (χ1) is 12.4. The molecule has 4 rings (SSSR count). The normalized spacial score (nSPS) is 10.8. The molecule has 0 bridgehead atoms. The maximum Gasteiger partial charge on any atom is 0.0934 e. The predicted molar refractivity (Wildman–Crippen MR) is 104 cm³/mol. The minimum Gasteiger partial charge on any atom is -0.232 e. The van der Waals surface area contributed by atoms with Crippen LogP contribution in [0.5, 0.6) is 0 Å². The summed E-state index contributed by atoms with van der Waals surface area (Å²) in [5.74, 6) is 0. The SMILES string of the molecule is CCc1ccccc1-n1nc(-c2ccccc2)cc1-c1ccccc1. The lowest BCUT2D eigenvalue weighted by Crippen LogP contribution is -2.02. The Morgan fingerprint density at radius 3 is 2.00 bits per heavy atom. The average molecular weight is 324 g/mol. The molecule has 0 atom stereocenters.